The van der Waals surface area contributed by atoms with E-state index in [4.69, 9.17) is 9.47 Å². The molecule has 76 valence electrons. The van der Waals surface area contributed by atoms with Gasteiger partial charge in [-0.05, 0) is 13.8 Å². The van der Waals surface area contributed by atoms with E-state index in [-0.39, 0.29) is 6.04 Å². The zero-order valence-corrected chi connectivity index (χ0v) is 8.12. The smallest absolute Gasteiger partial charge is 0.407 e. The Morgan fingerprint density at radius 2 is 2.00 bits per heavy atom. The predicted molar refractivity (Wildman–Crippen MR) is 45.3 cm³/mol. The monoisotopic (exact) mass is 189 g/mol. The topological polar surface area (TPSA) is 56.8 Å². The van der Waals surface area contributed by atoms with Crippen LogP contribution in [0, 0.1) is 0 Å². The minimum atomic E-state index is -0.547. The molecule has 0 saturated carbocycles. The van der Waals surface area contributed by atoms with Crippen molar-refractivity contribution in [2.24, 2.45) is 0 Å². The molecule has 13 heavy (non-hydrogen) atoms. The molecular weight excluding hydrogens is 174 g/mol. The van der Waals surface area contributed by atoms with Crippen molar-refractivity contribution in [1.82, 2.24) is 5.32 Å². The van der Waals surface area contributed by atoms with Crippen LogP contribution in [0.3, 0.4) is 0 Å². The van der Waals surface area contributed by atoms with Gasteiger partial charge in [-0.3, -0.25) is 0 Å². The summed E-state index contributed by atoms with van der Waals surface area (Å²) in [5.41, 5.74) is 0. The van der Waals surface area contributed by atoms with Gasteiger partial charge in [-0.25, -0.2) is 4.79 Å². The highest BCUT2D eigenvalue weighted by Gasteiger charge is 2.28. The normalized spacial score (nSPS) is 22.4. The summed E-state index contributed by atoms with van der Waals surface area (Å²) in [7, 11) is 1.32. The number of carbonyl (C=O) groups is 1. The Morgan fingerprint density at radius 3 is 2.46 bits per heavy atom. The fraction of sp³-hybridized carbons (Fsp3) is 0.875. The molecule has 0 bridgehead atoms. The summed E-state index contributed by atoms with van der Waals surface area (Å²) in [6.07, 6.45) is -0.461. The average Bonchev–Trinajstić information content (AvgIpc) is 2.08. The Hall–Kier alpha value is -0.810. The van der Waals surface area contributed by atoms with Crippen LogP contribution >= 0.6 is 0 Å². The Labute approximate surface area is 77.3 Å². The van der Waals surface area contributed by atoms with Crippen LogP contribution in [0.25, 0.3) is 0 Å². The maximum absolute atomic E-state index is 10.8. The van der Waals surface area contributed by atoms with E-state index >= 15 is 0 Å². The Kier molecular flexibility index (Phi) is 3.11. The Balaban J connectivity index is 2.29. The van der Waals surface area contributed by atoms with Gasteiger partial charge in [0.1, 0.15) is 0 Å². The molecule has 5 nitrogen and oxygen atoms in total. The molecule has 0 aliphatic carbocycles. The number of hydrogen-bond donors (Lipinski definition) is 1. The maximum Gasteiger partial charge on any atom is 0.407 e. The first kappa shape index (κ1) is 10.3. The lowest BCUT2D eigenvalue weighted by molar-refractivity contribution is -0.252. The SMILES string of the molecule is COC(=O)NC1COC(C)(C)OC1. The number of rotatable bonds is 1. The lowest BCUT2D eigenvalue weighted by atomic mass is 10.2. The van der Waals surface area contributed by atoms with E-state index in [1.165, 1.54) is 7.11 Å². The highest BCUT2D eigenvalue weighted by atomic mass is 16.7. The van der Waals surface area contributed by atoms with E-state index in [0.29, 0.717) is 13.2 Å². The van der Waals surface area contributed by atoms with Gasteiger partial charge < -0.3 is 19.5 Å². The first-order valence-electron chi connectivity index (χ1n) is 4.16. The zero-order chi connectivity index (χ0) is 9.90. The number of carbonyl (C=O) groups excluding carboxylic acids is 1. The van der Waals surface area contributed by atoms with Crippen LogP contribution in [-0.2, 0) is 14.2 Å². The van der Waals surface area contributed by atoms with E-state index in [1.807, 2.05) is 13.8 Å². The second-order valence-corrected chi connectivity index (χ2v) is 3.35. The highest BCUT2D eigenvalue weighted by Crippen LogP contribution is 2.16. The van der Waals surface area contributed by atoms with Crippen LogP contribution in [0.4, 0.5) is 4.79 Å². The summed E-state index contributed by atoms with van der Waals surface area (Å²) >= 11 is 0. The van der Waals surface area contributed by atoms with Crippen LogP contribution in [0.5, 0.6) is 0 Å². The summed E-state index contributed by atoms with van der Waals surface area (Å²) < 4.78 is 15.1. The lowest BCUT2D eigenvalue weighted by Gasteiger charge is -2.34. The van der Waals surface area contributed by atoms with Gasteiger partial charge in [0, 0.05) is 0 Å². The van der Waals surface area contributed by atoms with Gasteiger partial charge in [-0.15, -0.1) is 0 Å². The fourth-order valence-corrected chi connectivity index (χ4v) is 1.00. The minimum absolute atomic E-state index is 0.125. The van der Waals surface area contributed by atoms with Crippen molar-refractivity contribution in [3.8, 4) is 0 Å². The quantitative estimate of drug-likeness (QED) is 0.652. The van der Waals surface area contributed by atoms with Gasteiger partial charge in [0.15, 0.2) is 5.79 Å². The maximum atomic E-state index is 10.8. The Morgan fingerprint density at radius 1 is 1.46 bits per heavy atom. The molecule has 0 aromatic heterocycles. The molecule has 1 rings (SSSR count). The Bertz CT molecular complexity index is 183. The number of methoxy groups -OCH3 is 1. The van der Waals surface area contributed by atoms with Crippen molar-refractivity contribution in [2.75, 3.05) is 20.3 Å². The van der Waals surface area contributed by atoms with Gasteiger partial charge in [0.2, 0.25) is 0 Å². The molecule has 0 unspecified atom stereocenters. The van der Waals surface area contributed by atoms with Gasteiger partial charge >= 0.3 is 6.09 Å². The summed E-state index contributed by atoms with van der Waals surface area (Å²) in [5.74, 6) is -0.547. The molecule has 1 heterocycles. The summed E-state index contributed by atoms with van der Waals surface area (Å²) in [4.78, 5) is 10.8. The van der Waals surface area contributed by atoms with Crippen molar-refractivity contribution in [1.29, 1.82) is 0 Å². The van der Waals surface area contributed by atoms with Gasteiger partial charge in [0.25, 0.3) is 0 Å². The van der Waals surface area contributed by atoms with Crippen molar-refractivity contribution < 1.29 is 19.0 Å². The average molecular weight is 189 g/mol. The van der Waals surface area contributed by atoms with Gasteiger partial charge in [-0.2, -0.15) is 0 Å². The van der Waals surface area contributed by atoms with Gasteiger partial charge in [-0.1, -0.05) is 0 Å². The summed E-state index contributed by atoms with van der Waals surface area (Å²) in [6, 6.07) is -0.125. The third-order valence-electron chi connectivity index (χ3n) is 1.77. The van der Waals surface area contributed by atoms with Crippen molar-refractivity contribution in [2.45, 2.75) is 25.7 Å². The minimum Gasteiger partial charge on any atom is -0.453 e. The largest absolute Gasteiger partial charge is 0.453 e. The van der Waals surface area contributed by atoms with E-state index < -0.39 is 11.9 Å². The van der Waals surface area contributed by atoms with Crippen LogP contribution in [-0.4, -0.2) is 38.2 Å². The van der Waals surface area contributed by atoms with Crippen molar-refractivity contribution in [3.63, 3.8) is 0 Å². The molecule has 1 amide bonds. The van der Waals surface area contributed by atoms with E-state index in [0.717, 1.165) is 0 Å². The molecular formula is C8H15NO4. The van der Waals surface area contributed by atoms with Crippen LogP contribution in [0.2, 0.25) is 0 Å². The van der Waals surface area contributed by atoms with E-state index in [9.17, 15) is 4.79 Å². The molecule has 0 spiro atoms. The van der Waals surface area contributed by atoms with Crippen LogP contribution in [0.15, 0.2) is 0 Å². The number of ether oxygens (including phenoxy) is 3. The molecule has 1 aliphatic rings. The third kappa shape index (κ3) is 3.20. The molecule has 0 atom stereocenters. The standard InChI is InChI=1S/C8H15NO4/c1-8(2)12-4-6(5-13-8)9-7(10)11-3/h6H,4-5H2,1-3H3,(H,9,10). The fourth-order valence-electron chi connectivity index (χ4n) is 1.00. The molecule has 1 N–H and O–H groups in total. The molecule has 0 aromatic carbocycles. The second-order valence-electron chi connectivity index (χ2n) is 3.35. The molecule has 0 aromatic rings. The van der Waals surface area contributed by atoms with Crippen molar-refractivity contribution >= 4 is 6.09 Å². The number of amides is 1. The van der Waals surface area contributed by atoms with Crippen molar-refractivity contribution in [3.05, 3.63) is 0 Å². The third-order valence-corrected chi connectivity index (χ3v) is 1.77. The van der Waals surface area contributed by atoms with Crippen LogP contribution in [0.1, 0.15) is 13.8 Å². The first-order chi connectivity index (χ1) is 6.03. The summed E-state index contributed by atoms with van der Waals surface area (Å²) in [5, 5.41) is 2.60. The number of alkyl carbamates (subject to hydrolysis) is 1. The molecule has 5 heteroatoms. The molecule has 1 saturated heterocycles. The number of nitrogens with one attached hydrogen (secondary N) is 1. The molecule has 1 fully saturated rings. The van der Waals surface area contributed by atoms with Crippen LogP contribution < -0.4 is 5.32 Å². The zero-order valence-electron chi connectivity index (χ0n) is 8.12. The predicted octanol–water partition coefficient (Wildman–Crippen LogP) is 0.494. The van der Waals surface area contributed by atoms with E-state index in [2.05, 4.69) is 10.1 Å². The van der Waals surface area contributed by atoms with E-state index in [1.54, 1.807) is 0 Å². The lowest BCUT2D eigenvalue weighted by Crippen LogP contribution is -2.50. The number of hydrogen-bond acceptors (Lipinski definition) is 4. The van der Waals surface area contributed by atoms with Gasteiger partial charge in [0.05, 0.1) is 26.4 Å². The molecule has 1 aliphatic heterocycles. The second kappa shape index (κ2) is 3.93. The first-order valence-corrected chi connectivity index (χ1v) is 4.16. The summed E-state index contributed by atoms with van der Waals surface area (Å²) in [6.45, 7) is 4.56. The molecule has 0 radical (unpaired) electrons. The highest BCUT2D eigenvalue weighted by molar-refractivity contribution is 5.67.